The first kappa shape index (κ1) is 11.3. The molecule has 3 atom stereocenters. The van der Waals surface area contributed by atoms with E-state index in [9.17, 15) is 9.90 Å². The van der Waals surface area contributed by atoms with E-state index in [-0.39, 0.29) is 18.7 Å². The molecule has 2 aromatic heterocycles. The first-order chi connectivity index (χ1) is 8.70. The summed E-state index contributed by atoms with van der Waals surface area (Å²) < 4.78 is 6.77. The maximum absolute atomic E-state index is 11.8. The van der Waals surface area contributed by atoms with Gasteiger partial charge in [0.05, 0.1) is 18.9 Å². The molecule has 0 amide bonds. The summed E-state index contributed by atoms with van der Waals surface area (Å²) in [4.78, 5) is 22.3. The number of aromatic nitrogens is 4. The average molecular weight is 252 g/mol. The third kappa shape index (κ3) is 1.62. The van der Waals surface area contributed by atoms with Crippen molar-refractivity contribution in [3.8, 4) is 0 Å². The van der Waals surface area contributed by atoms with E-state index in [4.69, 9.17) is 9.84 Å². The van der Waals surface area contributed by atoms with E-state index in [1.807, 2.05) is 0 Å². The summed E-state index contributed by atoms with van der Waals surface area (Å²) in [7, 11) is 0. The van der Waals surface area contributed by atoms with Gasteiger partial charge in [-0.15, -0.1) is 0 Å². The van der Waals surface area contributed by atoms with Crippen LogP contribution in [-0.2, 0) is 4.74 Å². The number of aliphatic hydroxyl groups is 2. The van der Waals surface area contributed by atoms with Gasteiger partial charge >= 0.3 is 5.69 Å². The van der Waals surface area contributed by atoms with Crippen molar-refractivity contribution in [2.45, 2.75) is 24.9 Å². The topological polar surface area (TPSA) is 113 Å². The molecule has 2 aromatic rings. The van der Waals surface area contributed by atoms with Crippen LogP contribution in [0, 0.1) is 0 Å². The summed E-state index contributed by atoms with van der Waals surface area (Å²) >= 11 is 0. The highest BCUT2D eigenvalue weighted by atomic mass is 16.5. The van der Waals surface area contributed by atoms with Crippen LogP contribution in [0.3, 0.4) is 0 Å². The second-order valence-corrected chi connectivity index (χ2v) is 4.17. The van der Waals surface area contributed by atoms with E-state index in [0.29, 0.717) is 11.2 Å². The molecule has 0 aromatic carbocycles. The Balaban J connectivity index is 2.05. The number of imidazole rings is 1. The van der Waals surface area contributed by atoms with Crippen LogP contribution in [0.5, 0.6) is 0 Å². The van der Waals surface area contributed by atoms with E-state index < -0.39 is 18.4 Å². The van der Waals surface area contributed by atoms with Gasteiger partial charge in [0.15, 0.2) is 5.65 Å². The second kappa shape index (κ2) is 4.16. The van der Waals surface area contributed by atoms with Crippen molar-refractivity contribution in [3.05, 3.63) is 23.0 Å². The van der Waals surface area contributed by atoms with Crippen LogP contribution < -0.4 is 5.69 Å². The van der Waals surface area contributed by atoms with Gasteiger partial charge < -0.3 is 19.9 Å². The van der Waals surface area contributed by atoms with Crippen LogP contribution in [0.25, 0.3) is 11.2 Å². The summed E-state index contributed by atoms with van der Waals surface area (Å²) in [6.45, 7) is -0.288. The Hall–Kier alpha value is -1.77. The van der Waals surface area contributed by atoms with Gasteiger partial charge in [0, 0.05) is 6.42 Å². The number of aromatic amines is 1. The summed E-state index contributed by atoms with van der Waals surface area (Å²) in [6.07, 6.45) is 0.971. The van der Waals surface area contributed by atoms with Crippen LogP contribution in [0.4, 0.5) is 0 Å². The minimum atomic E-state index is -0.793. The van der Waals surface area contributed by atoms with Gasteiger partial charge in [-0.2, -0.15) is 0 Å². The zero-order chi connectivity index (χ0) is 12.7. The van der Waals surface area contributed by atoms with Gasteiger partial charge in [-0.05, 0) is 0 Å². The molecule has 3 N–H and O–H groups in total. The number of aliphatic hydroxyl groups excluding tert-OH is 2. The Kier molecular flexibility index (Phi) is 2.62. The van der Waals surface area contributed by atoms with Crippen molar-refractivity contribution in [1.29, 1.82) is 0 Å². The molecule has 8 heteroatoms. The second-order valence-electron chi connectivity index (χ2n) is 4.17. The number of H-pyrrole nitrogens is 1. The summed E-state index contributed by atoms with van der Waals surface area (Å²) in [5.41, 5.74) is 0.556. The quantitative estimate of drug-likeness (QED) is 0.616. The van der Waals surface area contributed by atoms with Crippen LogP contribution in [-0.4, -0.2) is 48.5 Å². The smallest absolute Gasteiger partial charge is 0.329 e. The molecule has 0 saturated carbocycles. The highest BCUT2D eigenvalue weighted by Crippen LogP contribution is 2.28. The molecule has 1 aliphatic rings. The number of nitrogens with one attached hydrogen (secondary N) is 1. The molecule has 1 saturated heterocycles. The largest absolute Gasteiger partial charge is 0.394 e. The van der Waals surface area contributed by atoms with Crippen molar-refractivity contribution in [3.63, 3.8) is 0 Å². The Labute approximate surface area is 101 Å². The van der Waals surface area contributed by atoms with Gasteiger partial charge in [0.1, 0.15) is 24.2 Å². The highest BCUT2D eigenvalue weighted by molar-refractivity contribution is 5.68. The molecule has 0 spiro atoms. The Bertz CT molecular complexity index is 622. The van der Waals surface area contributed by atoms with Crippen molar-refractivity contribution in [2.24, 2.45) is 0 Å². The number of fused-ring (bicyclic) bond motifs is 1. The van der Waals surface area contributed by atoms with Gasteiger partial charge in [-0.25, -0.2) is 19.3 Å². The number of ether oxygens (including phenoxy) is 1. The molecule has 3 heterocycles. The Morgan fingerprint density at radius 1 is 1.61 bits per heavy atom. The first-order valence-corrected chi connectivity index (χ1v) is 5.55. The maximum Gasteiger partial charge on any atom is 0.329 e. The SMILES string of the molecule is O=c1[nH]c2cncnc2n1[C@H]1C[C@@H](O)[C@H](CO)O1. The van der Waals surface area contributed by atoms with Crippen LogP contribution in [0.1, 0.15) is 12.6 Å². The molecule has 1 fully saturated rings. The average Bonchev–Trinajstić information content (AvgIpc) is 2.88. The zero-order valence-corrected chi connectivity index (χ0v) is 9.35. The molecule has 0 aliphatic carbocycles. The molecular formula is C10H12N4O4. The fraction of sp³-hybridized carbons (Fsp3) is 0.500. The van der Waals surface area contributed by atoms with Crippen LogP contribution in [0.15, 0.2) is 17.3 Å². The third-order valence-corrected chi connectivity index (χ3v) is 3.05. The summed E-state index contributed by atoms with van der Waals surface area (Å²) in [5, 5.41) is 18.7. The molecule has 0 bridgehead atoms. The highest BCUT2D eigenvalue weighted by Gasteiger charge is 2.36. The predicted molar refractivity (Wildman–Crippen MR) is 59.8 cm³/mol. The van der Waals surface area contributed by atoms with Crippen molar-refractivity contribution < 1.29 is 14.9 Å². The lowest BCUT2D eigenvalue weighted by atomic mass is 10.2. The number of hydrogen-bond donors (Lipinski definition) is 3. The molecule has 96 valence electrons. The Morgan fingerprint density at radius 3 is 3.17 bits per heavy atom. The molecule has 1 aliphatic heterocycles. The van der Waals surface area contributed by atoms with Gasteiger partial charge in [0.25, 0.3) is 0 Å². The molecule has 18 heavy (non-hydrogen) atoms. The molecule has 3 rings (SSSR count). The predicted octanol–water partition coefficient (Wildman–Crippen LogP) is -1.24. The summed E-state index contributed by atoms with van der Waals surface area (Å²) in [5.74, 6) is 0. The number of hydrogen-bond acceptors (Lipinski definition) is 6. The van der Waals surface area contributed by atoms with E-state index in [2.05, 4.69) is 15.0 Å². The van der Waals surface area contributed by atoms with E-state index in [1.165, 1.54) is 17.1 Å². The van der Waals surface area contributed by atoms with Crippen LogP contribution >= 0.6 is 0 Å². The van der Waals surface area contributed by atoms with Crippen molar-refractivity contribution in [1.82, 2.24) is 19.5 Å². The monoisotopic (exact) mass is 252 g/mol. The summed E-state index contributed by atoms with van der Waals surface area (Å²) in [6, 6.07) is 0. The molecule has 8 nitrogen and oxygen atoms in total. The minimum absolute atomic E-state index is 0.238. The third-order valence-electron chi connectivity index (χ3n) is 3.05. The van der Waals surface area contributed by atoms with E-state index in [1.54, 1.807) is 0 Å². The normalized spacial score (nSPS) is 28.0. The lowest BCUT2D eigenvalue weighted by Gasteiger charge is -2.12. The van der Waals surface area contributed by atoms with Crippen molar-refractivity contribution >= 4 is 11.2 Å². The molecular weight excluding hydrogens is 240 g/mol. The Morgan fingerprint density at radius 2 is 2.44 bits per heavy atom. The van der Waals surface area contributed by atoms with E-state index >= 15 is 0 Å². The number of rotatable bonds is 2. The standard InChI is InChI=1S/C10H12N4O4/c15-3-7-6(16)1-8(18-7)14-9-5(13-10(14)17)2-11-4-12-9/h2,4,6-8,15-16H,1,3H2,(H,13,17)/t6-,7+,8-/m1/s1. The van der Waals surface area contributed by atoms with Gasteiger partial charge in [-0.3, -0.25) is 0 Å². The molecule has 0 unspecified atom stereocenters. The van der Waals surface area contributed by atoms with Gasteiger partial charge in [-0.1, -0.05) is 0 Å². The van der Waals surface area contributed by atoms with Crippen molar-refractivity contribution in [2.75, 3.05) is 6.61 Å². The minimum Gasteiger partial charge on any atom is -0.394 e. The zero-order valence-electron chi connectivity index (χ0n) is 9.35. The van der Waals surface area contributed by atoms with Crippen LogP contribution in [0.2, 0.25) is 0 Å². The first-order valence-electron chi connectivity index (χ1n) is 5.55. The lowest BCUT2D eigenvalue weighted by Crippen LogP contribution is -2.25. The fourth-order valence-corrected chi connectivity index (χ4v) is 2.18. The fourth-order valence-electron chi connectivity index (χ4n) is 2.18. The maximum atomic E-state index is 11.8. The molecule has 0 radical (unpaired) electrons. The lowest BCUT2D eigenvalue weighted by molar-refractivity contribution is -0.0441. The van der Waals surface area contributed by atoms with E-state index in [0.717, 1.165) is 0 Å². The van der Waals surface area contributed by atoms with Gasteiger partial charge in [0.2, 0.25) is 0 Å². The number of nitrogens with zero attached hydrogens (tertiary/aromatic N) is 3.